The average Bonchev–Trinajstić information content (AvgIpc) is 2.96. The summed E-state index contributed by atoms with van der Waals surface area (Å²) in [6, 6.07) is -0.549. The predicted octanol–water partition coefficient (Wildman–Crippen LogP) is 1.31. The molecule has 0 bridgehead atoms. The van der Waals surface area contributed by atoms with Crippen molar-refractivity contribution in [2.45, 2.75) is 38.3 Å². The summed E-state index contributed by atoms with van der Waals surface area (Å²) in [4.78, 5) is 10.7. The van der Waals surface area contributed by atoms with E-state index in [0.29, 0.717) is 23.9 Å². The first kappa shape index (κ1) is 13.8. The van der Waals surface area contributed by atoms with E-state index in [4.69, 9.17) is 4.42 Å². The fourth-order valence-electron chi connectivity index (χ4n) is 1.58. The van der Waals surface area contributed by atoms with Gasteiger partial charge in [0.15, 0.2) is 5.03 Å². The minimum atomic E-state index is -3.66. The Morgan fingerprint density at radius 1 is 1.42 bits per heavy atom. The lowest BCUT2D eigenvalue weighted by atomic mass is 10.4. The van der Waals surface area contributed by atoms with Gasteiger partial charge in [-0.3, -0.25) is 0 Å². The number of H-pyrrole nitrogens is 1. The summed E-state index contributed by atoms with van der Waals surface area (Å²) in [5.74, 6) is 1.59. The van der Waals surface area contributed by atoms with Crippen molar-refractivity contribution in [2.24, 2.45) is 0 Å². The Labute approximate surface area is 111 Å². The van der Waals surface area contributed by atoms with Crippen molar-refractivity contribution in [3.05, 3.63) is 29.9 Å². The Kier molecular flexibility index (Phi) is 3.72. The van der Waals surface area contributed by atoms with Gasteiger partial charge in [0.05, 0.1) is 18.4 Å². The molecule has 2 rings (SSSR count). The molecule has 0 radical (unpaired) electrons. The van der Waals surface area contributed by atoms with Crippen LogP contribution in [-0.4, -0.2) is 23.4 Å². The molecule has 1 unspecified atom stereocenters. The smallest absolute Gasteiger partial charge is 0.258 e. The molecule has 0 saturated carbocycles. The van der Waals surface area contributed by atoms with E-state index >= 15 is 0 Å². The van der Waals surface area contributed by atoms with E-state index in [9.17, 15) is 8.42 Å². The van der Waals surface area contributed by atoms with Crippen LogP contribution in [0.1, 0.15) is 37.4 Å². The predicted molar refractivity (Wildman–Crippen MR) is 67.9 cm³/mol. The van der Waals surface area contributed by atoms with Gasteiger partial charge in [-0.05, 0) is 13.8 Å². The Morgan fingerprint density at radius 3 is 2.68 bits per heavy atom. The number of imidazole rings is 1. The summed E-state index contributed by atoms with van der Waals surface area (Å²) in [5, 5.41) is 0.0412. The normalized spacial score (nSPS) is 13.6. The molecule has 19 heavy (non-hydrogen) atoms. The topological polar surface area (TPSA) is 101 Å². The summed E-state index contributed by atoms with van der Waals surface area (Å²) in [5.41, 5.74) is 0. The number of rotatable bonds is 5. The molecular weight excluding hydrogens is 268 g/mol. The number of aromatic nitrogens is 3. The molecule has 1 atom stereocenters. The minimum absolute atomic E-state index is 0.0412. The van der Waals surface area contributed by atoms with Gasteiger partial charge in [-0.2, -0.15) is 4.72 Å². The summed E-state index contributed by atoms with van der Waals surface area (Å²) in [6.07, 6.45) is 3.49. The molecule has 0 fully saturated rings. The molecule has 0 aromatic carbocycles. The second-order valence-electron chi connectivity index (χ2n) is 4.20. The largest absolute Gasteiger partial charge is 0.444 e. The summed E-state index contributed by atoms with van der Waals surface area (Å²) in [7, 11) is -3.66. The second-order valence-corrected chi connectivity index (χ2v) is 5.88. The van der Waals surface area contributed by atoms with Crippen LogP contribution in [0, 0.1) is 6.92 Å². The van der Waals surface area contributed by atoms with E-state index in [1.807, 2.05) is 6.92 Å². The van der Waals surface area contributed by atoms with E-state index in [0.717, 1.165) is 0 Å². The number of hydrogen-bond donors (Lipinski definition) is 2. The van der Waals surface area contributed by atoms with E-state index < -0.39 is 16.1 Å². The quantitative estimate of drug-likeness (QED) is 0.862. The van der Waals surface area contributed by atoms with Crippen LogP contribution in [0.4, 0.5) is 0 Å². The summed E-state index contributed by atoms with van der Waals surface area (Å²) in [6.45, 7) is 5.31. The molecule has 0 aliphatic carbocycles. The van der Waals surface area contributed by atoms with Gasteiger partial charge in [0.25, 0.3) is 10.0 Å². The van der Waals surface area contributed by atoms with Crippen LogP contribution in [0.15, 0.2) is 21.8 Å². The molecule has 0 aliphatic rings. The van der Waals surface area contributed by atoms with E-state index in [1.165, 1.54) is 6.20 Å². The van der Waals surface area contributed by atoms with Gasteiger partial charge in [-0.15, -0.1) is 0 Å². The SMILES string of the molecule is CCc1ncc(S(=O)(=O)NC(C)c2ncc(C)o2)[nH]1. The van der Waals surface area contributed by atoms with Crippen molar-refractivity contribution in [2.75, 3.05) is 0 Å². The molecule has 104 valence electrons. The standard InChI is InChI=1S/C11H16N4O3S/c1-4-9-12-6-10(14-9)19(16,17)15-8(3)11-13-5-7(2)18-11/h5-6,8,15H,4H2,1-3H3,(H,12,14). The third kappa shape index (κ3) is 3.02. The number of aromatic amines is 1. The third-order valence-electron chi connectivity index (χ3n) is 2.57. The molecule has 0 spiro atoms. The molecule has 2 aromatic heterocycles. The van der Waals surface area contributed by atoms with Gasteiger partial charge in [-0.25, -0.2) is 18.4 Å². The van der Waals surface area contributed by atoms with Crippen molar-refractivity contribution in [1.29, 1.82) is 0 Å². The number of nitrogens with one attached hydrogen (secondary N) is 2. The molecule has 2 aromatic rings. The van der Waals surface area contributed by atoms with Gasteiger partial charge in [0, 0.05) is 6.42 Å². The lowest BCUT2D eigenvalue weighted by Crippen LogP contribution is -2.27. The maximum absolute atomic E-state index is 12.1. The zero-order valence-electron chi connectivity index (χ0n) is 11.0. The first-order valence-electron chi connectivity index (χ1n) is 5.91. The maximum atomic E-state index is 12.1. The van der Waals surface area contributed by atoms with E-state index in [-0.39, 0.29) is 5.03 Å². The molecule has 0 aliphatic heterocycles. The molecule has 2 heterocycles. The Bertz CT molecular complexity index is 659. The van der Waals surface area contributed by atoms with Crippen molar-refractivity contribution in [3.63, 3.8) is 0 Å². The fourth-order valence-corrected chi connectivity index (χ4v) is 2.72. The summed E-state index contributed by atoms with van der Waals surface area (Å²) >= 11 is 0. The number of hydrogen-bond acceptors (Lipinski definition) is 5. The van der Waals surface area contributed by atoms with Gasteiger partial charge >= 0.3 is 0 Å². The number of aryl methyl sites for hydroxylation is 2. The minimum Gasteiger partial charge on any atom is -0.444 e. The molecule has 0 amide bonds. The van der Waals surface area contributed by atoms with Crippen LogP contribution in [0.2, 0.25) is 0 Å². The van der Waals surface area contributed by atoms with Crippen molar-refractivity contribution in [1.82, 2.24) is 19.7 Å². The molecule has 0 saturated heterocycles. The van der Waals surface area contributed by atoms with Gasteiger partial charge in [0.1, 0.15) is 11.6 Å². The van der Waals surface area contributed by atoms with Gasteiger partial charge in [-0.1, -0.05) is 6.92 Å². The van der Waals surface area contributed by atoms with E-state index in [2.05, 4.69) is 19.7 Å². The van der Waals surface area contributed by atoms with Gasteiger partial charge < -0.3 is 9.40 Å². The lowest BCUT2D eigenvalue weighted by Gasteiger charge is -2.09. The van der Waals surface area contributed by atoms with Crippen LogP contribution in [0.5, 0.6) is 0 Å². The molecule has 2 N–H and O–H groups in total. The Morgan fingerprint density at radius 2 is 2.16 bits per heavy atom. The van der Waals surface area contributed by atoms with Crippen molar-refractivity contribution >= 4 is 10.0 Å². The number of nitrogens with zero attached hydrogens (tertiary/aromatic N) is 2. The number of oxazole rings is 1. The molecule has 8 heteroatoms. The van der Waals surface area contributed by atoms with Crippen LogP contribution in [0.25, 0.3) is 0 Å². The maximum Gasteiger partial charge on any atom is 0.258 e. The highest BCUT2D eigenvalue weighted by atomic mass is 32.2. The van der Waals surface area contributed by atoms with Gasteiger partial charge in [0.2, 0.25) is 5.89 Å². The molecule has 7 nitrogen and oxygen atoms in total. The van der Waals surface area contributed by atoms with Crippen molar-refractivity contribution < 1.29 is 12.8 Å². The van der Waals surface area contributed by atoms with Crippen LogP contribution >= 0.6 is 0 Å². The van der Waals surface area contributed by atoms with Crippen molar-refractivity contribution in [3.8, 4) is 0 Å². The highest BCUT2D eigenvalue weighted by Crippen LogP contribution is 2.15. The summed E-state index contributed by atoms with van der Waals surface area (Å²) < 4.78 is 32.0. The average molecular weight is 284 g/mol. The van der Waals surface area contributed by atoms with Crippen LogP contribution in [0.3, 0.4) is 0 Å². The highest BCUT2D eigenvalue weighted by molar-refractivity contribution is 7.89. The zero-order chi connectivity index (χ0) is 14.0. The van der Waals surface area contributed by atoms with Crippen LogP contribution < -0.4 is 4.72 Å². The third-order valence-corrected chi connectivity index (χ3v) is 4.02. The first-order valence-corrected chi connectivity index (χ1v) is 7.39. The molecular formula is C11H16N4O3S. The second kappa shape index (κ2) is 5.14. The van der Waals surface area contributed by atoms with Crippen LogP contribution in [-0.2, 0) is 16.4 Å². The first-order chi connectivity index (χ1) is 8.92. The fraction of sp³-hybridized carbons (Fsp3) is 0.455. The number of sulfonamides is 1. The lowest BCUT2D eigenvalue weighted by molar-refractivity contribution is 0.427. The highest BCUT2D eigenvalue weighted by Gasteiger charge is 2.22. The van der Waals surface area contributed by atoms with E-state index in [1.54, 1.807) is 20.0 Å². The Balaban J connectivity index is 2.17. The Hall–Kier alpha value is -1.67. The monoisotopic (exact) mass is 284 g/mol. The zero-order valence-corrected chi connectivity index (χ0v) is 11.8.